The molecule has 2 aromatic carbocycles. The number of benzene rings is 2. The predicted molar refractivity (Wildman–Crippen MR) is 117 cm³/mol. The molecule has 0 radical (unpaired) electrons. The van der Waals surface area contributed by atoms with Crippen molar-refractivity contribution in [3.8, 4) is 5.75 Å². The molecular formula is C24H24N2O5. The van der Waals surface area contributed by atoms with Gasteiger partial charge in [-0.15, -0.1) is 0 Å². The molecule has 0 aliphatic heterocycles. The zero-order valence-electron chi connectivity index (χ0n) is 17.7. The normalized spacial score (nSPS) is 10.4. The van der Waals surface area contributed by atoms with Gasteiger partial charge in [-0.05, 0) is 62.7 Å². The average Bonchev–Trinajstić information content (AvgIpc) is 3.06. The van der Waals surface area contributed by atoms with E-state index in [4.69, 9.17) is 9.47 Å². The molecule has 0 aliphatic carbocycles. The molecule has 1 heterocycles. The van der Waals surface area contributed by atoms with Crippen LogP contribution in [0.5, 0.6) is 5.75 Å². The molecule has 2 N–H and O–H groups in total. The summed E-state index contributed by atoms with van der Waals surface area (Å²) in [5, 5.41) is 3.25. The van der Waals surface area contributed by atoms with Crippen molar-refractivity contribution in [3.63, 3.8) is 0 Å². The van der Waals surface area contributed by atoms with Gasteiger partial charge in [-0.1, -0.05) is 18.2 Å². The van der Waals surface area contributed by atoms with Gasteiger partial charge >= 0.3 is 5.97 Å². The number of esters is 1. The van der Waals surface area contributed by atoms with Crippen LogP contribution in [0.25, 0.3) is 0 Å². The van der Waals surface area contributed by atoms with Gasteiger partial charge in [-0.25, -0.2) is 4.79 Å². The molecule has 0 amide bonds. The lowest BCUT2D eigenvalue weighted by atomic mass is 10.1. The Bertz CT molecular complexity index is 1090. The molecule has 0 spiro atoms. The number of aromatic amines is 1. The number of carbonyl (C=O) groups excluding carboxylic acids is 3. The van der Waals surface area contributed by atoms with Crippen LogP contribution in [0.2, 0.25) is 0 Å². The third kappa shape index (κ3) is 5.60. The van der Waals surface area contributed by atoms with Crippen LogP contribution in [-0.4, -0.2) is 35.7 Å². The van der Waals surface area contributed by atoms with Gasteiger partial charge < -0.3 is 19.8 Å². The van der Waals surface area contributed by atoms with Crippen LogP contribution in [0.3, 0.4) is 0 Å². The van der Waals surface area contributed by atoms with E-state index in [1.54, 1.807) is 26.0 Å². The summed E-state index contributed by atoms with van der Waals surface area (Å²) in [7, 11) is 0. The van der Waals surface area contributed by atoms with Gasteiger partial charge in [0.1, 0.15) is 5.75 Å². The maximum Gasteiger partial charge on any atom is 0.344 e. The van der Waals surface area contributed by atoms with E-state index >= 15 is 0 Å². The van der Waals surface area contributed by atoms with E-state index in [9.17, 15) is 14.4 Å². The van der Waals surface area contributed by atoms with Crippen molar-refractivity contribution in [1.29, 1.82) is 0 Å². The number of hydrogen-bond acceptors (Lipinski definition) is 6. The van der Waals surface area contributed by atoms with Crippen LogP contribution in [0.1, 0.15) is 39.0 Å². The summed E-state index contributed by atoms with van der Waals surface area (Å²) >= 11 is 0. The van der Waals surface area contributed by atoms with Crippen molar-refractivity contribution in [2.45, 2.75) is 20.8 Å². The van der Waals surface area contributed by atoms with Crippen LogP contribution in [0, 0.1) is 13.8 Å². The first-order chi connectivity index (χ1) is 14.8. The number of carbonyl (C=O) groups is 3. The first-order valence-corrected chi connectivity index (χ1v) is 9.79. The molecule has 0 atom stereocenters. The fourth-order valence-electron chi connectivity index (χ4n) is 3.28. The highest BCUT2D eigenvalue weighted by molar-refractivity contribution is 6.04. The van der Waals surface area contributed by atoms with Crippen molar-refractivity contribution in [1.82, 2.24) is 4.98 Å². The summed E-state index contributed by atoms with van der Waals surface area (Å²) < 4.78 is 10.4. The summed E-state index contributed by atoms with van der Waals surface area (Å²) in [5.74, 6) is -0.685. The second kappa shape index (κ2) is 9.75. The van der Waals surface area contributed by atoms with E-state index in [1.807, 2.05) is 42.5 Å². The molecule has 0 saturated carbocycles. The third-order valence-electron chi connectivity index (χ3n) is 4.71. The minimum Gasteiger partial charge on any atom is -0.482 e. The molecule has 0 bridgehead atoms. The fourth-order valence-corrected chi connectivity index (χ4v) is 3.28. The van der Waals surface area contributed by atoms with Crippen LogP contribution < -0.4 is 10.1 Å². The number of aryl methyl sites for hydroxylation is 1. The molecule has 1 aromatic heterocycles. The number of hydrogen-bond donors (Lipinski definition) is 2. The summed E-state index contributed by atoms with van der Waals surface area (Å²) in [6, 6.07) is 16.9. The van der Waals surface area contributed by atoms with Gasteiger partial charge in [0.15, 0.2) is 19.0 Å². The molecule has 160 valence electrons. The summed E-state index contributed by atoms with van der Waals surface area (Å²) in [6.45, 7) is 4.11. The van der Waals surface area contributed by atoms with Gasteiger partial charge in [-0.2, -0.15) is 0 Å². The Hall–Kier alpha value is -3.87. The molecule has 3 aromatic rings. The zero-order valence-corrected chi connectivity index (χ0v) is 17.7. The number of Topliss-reactive ketones (excluding diaryl/α,β-unsaturated/α-hetero) is 2. The fraction of sp³-hybridized carbons (Fsp3) is 0.208. The van der Waals surface area contributed by atoms with Crippen LogP contribution >= 0.6 is 0 Å². The third-order valence-corrected chi connectivity index (χ3v) is 4.71. The topological polar surface area (TPSA) is 97.5 Å². The molecule has 0 aliphatic rings. The lowest BCUT2D eigenvalue weighted by molar-refractivity contribution is -0.144. The number of H-pyrrole nitrogens is 1. The van der Waals surface area contributed by atoms with Crippen molar-refractivity contribution in [3.05, 3.63) is 77.1 Å². The maximum absolute atomic E-state index is 12.4. The minimum absolute atomic E-state index is 0.124. The molecule has 31 heavy (non-hydrogen) atoms. The molecule has 0 unspecified atom stereocenters. The lowest BCUT2D eigenvalue weighted by Gasteiger charge is -2.09. The minimum atomic E-state index is -0.660. The van der Waals surface area contributed by atoms with Crippen molar-refractivity contribution in [2.24, 2.45) is 0 Å². The summed E-state index contributed by atoms with van der Waals surface area (Å²) in [4.78, 5) is 38.9. The second-order valence-corrected chi connectivity index (χ2v) is 7.07. The largest absolute Gasteiger partial charge is 0.482 e. The van der Waals surface area contributed by atoms with E-state index in [2.05, 4.69) is 10.3 Å². The zero-order chi connectivity index (χ0) is 22.4. The number of aromatic nitrogens is 1. The van der Waals surface area contributed by atoms with Crippen LogP contribution in [0.4, 0.5) is 11.4 Å². The van der Waals surface area contributed by atoms with E-state index in [0.29, 0.717) is 22.6 Å². The molecule has 0 saturated heterocycles. The van der Waals surface area contributed by atoms with Gasteiger partial charge in [0, 0.05) is 22.6 Å². The van der Waals surface area contributed by atoms with E-state index in [0.717, 1.165) is 11.4 Å². The Balaban J connectivity index is 1.47. The predicted octanol–water partition coefficient (Wildman–Crippen LogP) is 4.38. The van der Waals surface area contributed by atoms with Crippen LogP contribution in [-0.2, 0) is 9.53 Å². The highest BCUT2D eigenvalue weighted by Gasteiger charge is 2.20. The molecule has 3 rings (SSSR count). The SMILES string of the molecule is CC(=O)c1c(C)[nH]c(C(=O)COC(=O)COc2ccc(Nc3ccccc3)cc2)c1C. The highest BCUT2D eigenvalue weighted by atomic mass is 16.6. The Labute approximate surface area is 180 Å². The number of para-hydroxylation sites is 1. The van der Waals surface area contributed by atoms with Gasteiger partial charge in [0.2, 0.25) is 5.78 Å². The number of anilines is 2. The average molecular weight is 420 g/mol. The van der Waals surface area contributed by atoms with Crippen molar-refractivity contribution < 1.29 is 23.9 Å². The standard InChI is InChI=1S/C24H24N2O5/c1-15-23(17(3)27)16(2)25-24(15)21(28)13-31-22(29)14-30-20-11-9-19(10-12-20)26-18-7-5-4-6-8-18/h4-12,25-26H,13-14H2,1-3H3. The molecule has 7 heteroatoms. The van der Waals surface area contributed by atoms with E-state index in [1.165, 1.54) is 6.92 Å². The van der Waals surface area contributed by atoms with Gasteiger partial charge in [-0.3, -0.25) is 9.59 Å². The van der Waals surface area contributed by atoms with Crippen molar-refractivity contribution >= 4 is 28.9 Å². The number of rotatable bonds is 9. The smallest absolute Gasteiger partial charge is 0.344 e. The second-order valence-electron chi connectivity index (χ2n) is 7.07. The number of ether oxygens (including phenoxy) is 2. The Morgan fingerprint density at radius 1 is 0.903 bits per heavy atom. The maximum atomic E-state index is 12.4. The van der Waals surface area contributed by atoms with Crippen molar-refractivity contribution in [2.75, 3.05) is 18.5 Å². The quantitative estimate of drug-likeness (QED) is 0.394. The Morgan fingerprint density at radius 2 is 1.55 bits per heavy atom. The number of ketones is 2. The summed E-state index contributed by atoms with van der Waals surface area (Å²) in [6.07, 6.45) is 0. The monoisotopic (exact) mass is 420 g/mol. The van der Waals surface area contributed by atoms with E-state index < -0.39 is 18.4 Å². The summed E-state index contributed by atoms with van der Waals surface area (Å²) in [5.41, 5.74) is 3.79. The van der Waals surface area contributed by atoms with Gasteiger partial charge in [0.25, 0.3) is 0 Å². The Kier molecular flexibility index (Phi) is 6.87. The molecule has 0 fully saturated rings. The molecule has 7 nitrogen and oxygen atoms in total. The first-order valence-electron chi connectivity index (χ1n) is 9.79. The van der Waals surface area contributed by atoms with Crippen LogP contribution in [0.15, 0.2) is 54.6 Å². The highest BCUT2D eigenvalue weighted by Crippen LogP contribution is 2.20. The lowest BCUT2D eigenvalue weighted by Crippen LogP contribution is -2.20. The Morgan fingerprint density at radius 3 is 2.16 bits per heavy atom. The first kappa shape index (κ1) is 21.8. The number of nitrogens with one attached hydrogen (secondary N) is 2. The van der Waals surface area contributed by atoms with E-state index in [-0.39, 0.29) is 18.1 Å². The molecular weight excluding hydrogens is 396 g/mol. The van der Waals surface area contributed by atoms with Gasteiger partial charge in [0.05, 0.1) is 5.69 Å².